The number of rotatable bonds is 4. The minimum absolute atomic E-state index is 0.0218. The number of fused-ring (bicyclic) bond motifs is 2. The van der Waals surface area contributed by atoms with Crippen LogP contribution in [0.4, 0.5) is 0 Å². The molecule has 2 aliphatic rings. The van der Waals surface area contributed by atoms with Crippen molar-refractivity contribution >= 4 is 5.97 Å². The first-order valence-corrected chi connectivity index (χ1v) is 6.93. The zero-order chi connectivity index (χ0) is 13.2. The van der Waals surface area contributed by atoms with E-state index in [1.54, 1.807) is 0 Å². The lowest BCUT2D eigenvalue weighted by atomic mass is 10.0. The quantitative estimate of drug-likeness (QED) is 0.870. The average molecular weight is 261 g/mol. The Kier molecular flexibility index (Phi) is 3.42. The van der Waals surface area contributed by atoms with Crippen LogP contribution in [-0.2, 0) is 11.2 Å². The third-order valence-corrected chi connectivity index (χ3v) is 4.04. The fourth-order valence-corrected chi connectivity index (χ4v) is 3.21. The second-order valence-electron chi connectivity index (χ2n) is 5.53. The summed E-state index contributed by atoms with van der Waals surface area (Å²) < 4.78 is 6.06. The number of nitrogens with one attached hydrogen (secondary N) is 1. The molecule has 1 aromatic rings. The first-order chi connectivity index (χ1) is 9.20. The maximum absolute atomic E-state index is 10.9. The van der Waals surface area contributed by atoms with Crippen molar-refractivity contribution in [3.05, 3.63) is 29.8 Å². The van der Waals surface area contributed by atoms with Crippen LogP contribution in [0.5, 0.6) is 5.75 Å². The van der Waals surface area contributed by atoms with Gasteiger partial charge in [-0.1, -0.05) is 18.2 Å². The molecule has 2 bridgehead atoms. The van der Waals surface area contributed by atoms with E-state index < -0.39 is 5.97 Å². The molecular weight excluding hydrogens is 242 g/mol. The number of piperidine rings is 1. The van der Waals surface area contributed by atoms with Crippen molar-refractivity contribution in [2.24, 2.45) is 0 Å². The molecule has 0 radical (unpaired) electrons. The minimum Gasteiger partial charge on any atom is -0.490 e. The molecule has 102 valence electrons. The smallest absolute Gasteiger partial charge is 0.307 e. The molecule has 0 aromatic heterocycles. The van der Waals surface area contributed by atoms with Crippen molar-refractivity contribution in [1.82, 2.24) is 5.32 Å². The van der Waals surface area contributed by atoms with E-state index in [1.807, 2.05) is 24.3 Å². The van der Waals surface area contributed by atoms with Gasteiger partial charge in [-0.15, -0.1) is 0 Å². The van der Waals surface area contributed by atoms with E-state index in [0.29, 0.717) is 12.1 Å². The molecule has 0 amide bonds. The van der Waals surface area contributed by atoms with E-state index in [9.17, 15) is 4.79 Å². The van der Waals surface area contributed by atoms with Gasteiger partial charge in [-0.2, -0.15) is 0 Å². The van der Waals surface area contributed by atoms with Crippen molar-refractivity contribution in [1.29, 1.82) is 0 Å². The molecule has 0 spiro atoms. The van der Waals surface area contributed by atoms with Crippen LogP contribution in [0.25, 0.3) is 0 Å². The number of para-hydroxylation sites is 1. The van der Waals surface area contributed by atoms with Crippen molar-refractivity contribution in [2.75, 3.05) is 0 Å². The zero-order valence-electron chi connectivity index (χ0n) is 10.8. The maximum Gasteiger partial charge on any atom is 0.307 e. The van der Waals surface area contributed by atoms with Gasteiger partial charge in [0.05, 0.1) is 6.42 Å². The Labute approximate surface area is 112 Å². The number of ether oxygens (including phenoxy) is 1. The van der Waals surface area contributed by atoms with Gasteiger partial charge in [0.1, 0.15) is 11.9 Å². The van der Waals surface area contributed by atoms with E-state index >= 15 is 0 Å². The molecule has 2 heterocycles. The molecule has 4 heteroatoms. The molecule has 2 unspecified atom stereocenters. The van der Waals surface area contributed by atoms with Gasteiger partial charge >= 0.3 is 5.97 Å². The number of carboxylic acid groups (broad SMARTS) is 1. The summed E-state index contributed by atoms with van der Waals surface area (Å²) in [6.07, 6.45) is 4.76. The Morgan fingerprint density at radius 1 is 1.26 bits per heavy atom. The van der Waals surface area contributed by atoms with Gasteiger partial charge < -0.3 is 15.2 Å². The number of carboxylic acids is 1. The van der Waals surface area contributed by atoms with Gasteiger partial charge in [0, 0.05) is 17.6 Å². The van der Waals surface area contributed by atoms with Gasteiger partial charge in [-0.25, -0.2) is 0 Å². The highest BCUT2D eigenvalue weighted by molar-refractivity contribution is 5.71. The van der Waals surface area contributed by atoms with Crippen LogP contribution in [-0.4, -0.2) is 29.3 Å². The summed E-state index contributed by atoms with van der Waals surface area (Å²) in [6, 6.07) is 8.63. The average Bonchev–Trinajstić information content (AvgIpc) is 2.71. The number of carbonyl (C=O) groups is 1. The minimum atomic E-state index is -0.818. The van der Waals surface area contributed by atoms with Crippen molar-refractivity contribution in [3.8, 4) is 5.75 Å². The van der Waals surface area contributed by atoms with Crippen LogP contribution in [0.2, 0.25) is 0 Å². The molecule has 2 aliphatic heterocycles. The Balaban J connectivity index is 1.70. The van der Waals surface area contributed by atoms with E-state index in [-0.39, 0.29) is 12.5 Å². The standard InChI is InChI=1S/C15H19NO3/c17-15(18)7-10-3-1-2-4-14(10)19-13-8-11-5-6-12(9-13)16-11/h1-4,11-13,16H,5-9H2,(H,17,18). The predicted octanol–water partition coefficient (Wildman–Crippen LogP) is 1.98. The van der Waals surface area contributed by atoms with Crippen molar-refractivity contribution in [2.45, 2.75) is 50.3 Å². The number of benzene rings is 1. The van der Waals surface area contributed by atoms with Crippen molar-refractivity contribution in [3.63, 3.8) is 0 Å². The number of aliphatic carboxylic acids is 1. The fourth-order valence-electron chi connectivity index (χ4n) is 3.21. The number of hydrogen-bond donors (Lipinski definition) is 2. The predicted molar refractivity (Wildman–Crippen MR) is 71.4 cm³/mol. The second-order valence-corrected chi connectivity index (χ2v) is 5.53. The van der Waals surface area contributed by atoms with Crippen LogP contribution >= 0.6 is 0 Å². The summed E-state index contributed by atoms with van der Waals surface area (Å²) in [6.45, 7) is 0. The lowest BCUT2D eigenvalue weighted by molar-refractivity contribution is -0.136. The maximum atomic E-state index is 10.9. The highest BCUT2D eigenvalue weighted by Crippen LogP contribution is 2.30. The first-order valence-electron chi connectivity index (χ1n) is 6.93. The van der Waals surface area contributed by atoms with Crippen molar-refractivity contribution < 1.29 is 14.6 Å². The summed E-state index contributed by atoms with van der Waals surface area (Å²) in [5, 5.41) is 12.5. The second kappa shape index (κ2) is 5.21. The third kappa shape index (κ3) is 2.89. The monoisotopic (exact) mass is 261 g/mol. The summed E-state index contributed by atoms with van der Waals surface area (Å²) >= 11 is 0. The molecular formula is C15H19NO3. The van der Waals surface area contributed by atoms with Gasteiger partial charge in [0.2, 0.25) is 0 Å². The topological polar surface area (TPSA) is 58.6 Å². The number of hydrogen-bond acceptors (Lipinski definition) is 3. The summed E-state index contributed by atoms with van der Waals surface area (Å²) in [4.78, 5) is 10.9. The van der Waals surface area contributed by atoms with Crippen LogP contribution < -0.4 is 10.1 Å². The molecule has 2 saturated heterocycles. The highest BCUT2D eigenvalue weighted by atomic mass is 16.5. The van der Waals surface area contributed by atoms with E-state index in [1.165, 1.54) is 12.8 Å². The molecule has 0 aliphatic carbocycles. The molecule has 0 saturated carbocycles. The van der Waals surface area contributed by atoms with Gasteiger partial charge in [-0.05, 0) is 31.7 Å². The first kappa shape index (κ1) is 12.5. The fraction of sp³-hybridized carbons (Fsp3) is 0.533. The Hall–Kier alpha value is -1.55. The molecule has 4 nitrogen and oxygen atoms in total. The Morgan fingerprint density at radius 3 is 2.63 bits per heavy atom. The Bertz CT molecular complexity index is 462. The normalized spacial score (nSPS) is 29.2. The van der Waals surface area contributed by atoms with E-state index in [2.05, 4.69) is 5.32 Å². The summed E-state index contributed by atoms with van der Waals surface area (Å²) in [5.41, 5.74) is 0.765. The summed E-state index contributed by atoms with van der Waals surface area (Å²) in [7, 11) is 0. The van der Waals surface area contributed by atoms with Gasteiger partial charge in [0.15, 0.2) is 0 Å². The molecule has 2 atom stereocenters. The van der Waals surface area contributed by atoms with E-state index in [4.69, 9.17) is 9.84 Å². The molecule has 1 aromatic carbocycles. The van der Waals surface area contributed by atoms with Gasteiger partial charge in [-0.3, -0.25) is 4.79 Å². The van der Waals surface area contributed by atoms with Crippen LogP contribution in [0, 0.1) is 0 Å². The van der Waals surface area contributed by atoms with Crippen LogP contribution in [0.1, 0.15) is 31.2 Å². The molecule has 2 fully saturated rings. The van der Waals surface area contributed by atoms with Crippen LogP contribution in [0.15, 0.2) is 24.3 Å². The zero-order valence-corrected chi connectivity index (χ0v) is 10.8. The molecule has 3 rings (SSSR count). The SMILES string of the molecule is O=C(O)Cc1ccccc1OC1CC2CCC(C1)N2. The molecule has 19 heavy (non-hydrogen) atoms. The van der Waals surface area contributed by atoms with Gasteiger partial charge in [0.25, 0.3) is 0 Å². The largest absolute Gasteiger partial charge is 0.490 e. The molecule has 2 N–H and O–H groups in total. The highest BCUT2D eigenvalue weighted by Gasteiger charge is 2.34. The van der Waals surface area contributed by atoms with Crippen LogP contribution in [0.3, 0.4) is 0 Å². The Morgan fingerprint density at radius 2 is 1.95 bits per heavy atom. The lowest BCUT2D eigenvalue weighted by Gasteiger charge is -2.30. The summed E-state index contributed by atoms with van der Waals surface area (Å²) in [5.74, 6) is -0.0855. The lowest BCUT2D eigenvalue weighted by Crippen LogP contribution is -2.42. The van der Waals surface area contributed by atoms with E-state index in [0.717, 1.165) is 24.2 Å². The third-order valence-electron chi connectivity index (χ3n) is 4.04.